The molecule has 0 amide bonds. The number of aromatic nitrogens is 2. The van der Waals surface area contributed by atoms with Crippen LogP contribution in [0.3, 0.4) is 0 Å². The number of fused-ring (bicyclic) bond motifs is 1. The van der Waals surface area contributed by atoms with E-state index in [0.717, 1.165) is 15.9 Å². The summed E-state index contributed by atoms with van der Waals surface area (Å²) in [5.41, 5.74) is 1.18. The maximum Gasteiger partial charge on any atom is 0.336 e. The Morgan fingerprint density at radius 3 is 2.95 bits per heavy atom. The largest absolute Gasteiger partial charge is 0.478 e. The lowest BCUT2D eigenvalue weighted by molar-refractivity contribution is 0.0693. The Balaban J connectivity index is 2.07. The van der Waals surface area contributed by atoms with Gasteiger partial charge < -0.3 is 10.1 Å². The number of carboxylic acid groups (broad SMARTS) is 1. The summed E-state index contributed by atoms with van der Waals surface area (Å²) in [4.78, 5) is 19.7. The SMILES string of the molecule is Cc1c(F)ccc(C(=O)O)c1Sc1cnc2[nH]ccc2c1. The van der Waals surface area contributed by atoms with Gasteiger partial charge >= 0.3 is 5.97 Å². The van der Waals surface area contributed by atoms with E-state index in [1.54, 1.807) is 19.3 Å². The molecule has 0 unspecified atom stereocenters. The number of halogens is 1. The molecule has 0 aliphatic heterocycles. The van der Waals surface area contributed by atoms with Crippen molar-refractivity contribution in [3.8, 4) is 0 Å². The van der Waals surface area contributed by atoms with Crippen molar-refractivity contribution in [1.82, 2.24) is 9.97 Å². The molecule has 106 valence electrons. The fourth-order valence-electron chi connectivity index (χ4n) is 2.06. The van der Waals surface area contributed by atoms with E-state index >= 15 is 0 Å². The van der Waals surface area contributed by atoms with E-state index in [9.17, 15) is 14.3 Å². The predicted octanol–water partition coefficient (Wildman–Crippen LogP) is 3.86. The fourth-order valence-corrected chi connectivity index (χ4v) is 3.10. The summed E-state index contributed by atoms with van der Waals surface area (Å²) >= 11 is 1.20. The molecule has 0 bridgehead atoms. The second kappa shape index (κ2) is 5.21. The normalized spacial score (nSPS) is 11.0. The first kappa shape index (κ1) is 13.6. The number of aromatic carboxylic acids is 1. The Labute approximate surface area is 124 Å². The van der Waals surface area contributed by atoms with Gasteiger partial charge in [-0.15, -0.1) is 0 Å². The number of carboxylic acids is 1. The molecule has 21 heavy (non-hydrogen) atoms. The summed E-state index contributed by atoms with van der Waals surface area (Å²) in [5.74, 6) is -1.49. The molecular weight excluding hydrogens is 291 g/mol. The number of aromatic amines is 1. The summed E-state index contributed by atoms with van der Waals surface area (Å²) in [7, 11) is 0. The number of hydrogen-bond acceptors (Lipinski definition) is 3. The lowest BCUT2D eigenvalue weighted by Gasteiger charge is -2.10. The highest BCUT2D eigenvalue weighted by molar-refractivity contribution is 7.99. The van der Waals surface area contributed by atoms with E-state index in [1.807, 2.05) is 12.1 Å². The Hall–Kier alpha value is -2.34. The van der Waals surface area contributed by atoms with Gasteiger partial charge in [-0.3, -0.25) is 0 Å². The second-order valence-electron chi connectivity index (χ2n) is 4.54. The Kier molecular flexibility index (Phi) is 3.39. The van der Waals surface area contributed by atoms with Gasteiger partial charge in [0, 0.05) is 27.6 Å². The number of H-pyrrole nitrogens is 1. The Bertz CT molecular complexity index is 845. The fraction of sp³-hybridized carbons (Fsp3) is 0.0667. The molecule has 2 heterocycles. The molecule has 0 fully saturated rings. The first-order valence-corrected chi connectivity index (χ1v) is 7.01. The van der Waals surface area contributed by atoms with Crippen molar-refractivity contribution in [2.45, 2.75) is 16.7 Å². The van der Waals surface area contributed by atoms with Crippen molar-refractivity contribution in [2.24, 2.45) is 0 Å². The van der Waals surface area contributed by atoms with E-state index in [1.165, 1.54) is 23.9 Å². The topological polar surface area (TPSA) is 66.0 Å². The number of hydrogen-bond donors (Lipinski definition) is 2. The van der Waals surface area contributed by atoms with Crippen molar-refractivity contribution in [1.29, 1.82) is 0 Å². The van der Waals surface area contributed by atoms with E-state index in [2.05, 4.69) is 9.97 Å². The smallest absolute Gasteiger partial charge is 0.336 e. The lowest BCUT2D eigenvalue weighted by atomic mass is 10.1. The zero-order valence-electron chi connectivity index (χ0n) is 11.1. The molecule has 0 atom stereocenters. The molecule has 3 rings (SSSR count). The van der Waals surface area contributed by atoms with Crippen LogP contribution in [0.2, 0.25) is 0 Å². The van der Waals surface area contributed by atoms with Crippen molar-refractivity contribution in [3.05, 3.63) is 53.6 Å². The van der Waals surface area contributed by atoms with E-state index in [-0.39, 0.29) is 5.56 Å². The van der Waals surface area contributed by atoms with E-state index < -0.39 is 11.8 Å². The first-order valence-electron chi connectivity index (χ1n) is 6.19. The van der Waals surface area contributed by atoms with Gasteiger partial charge in [0.25, 0.3) is 0 Å². The highest BCUT2D eigenvalue weighted by Gasteiger charge is 2.16. The van der Waals surface area contributed by atoms with Crippen LogP contribution in [0.1, 0.15) is 15.9 Å². The van der Waals surface area contributed by atoms with Crippen LogP contribution < -0.4 is 0 Å². The van der Waals surface area contributed by atoms with Crippen LogP contribution in [-0.4, -0.2) is 21.0 Å². The number of nitrogens with one attached hydrogen (secondary N) is 1. The molecule has 3 aromatic rings. The molecule has 2 N–H and O–H groups in total. The van der Waals surface area contributed by atoms with Crippen molar-refractivity contribution < 1.29 is 14.3 Å². The minimum absolute atomic E-state index is 0.0908. The second-order valence-corrected chi connectivity index (χ2v) is 5.63. The maximum absolute atomic E-state index is 13.7. The van der Waals surface area contributed by atoms with Crippen molar-refractivity contribution in [3.63, 3.8) is 0 Å². The first-order chi connectivity index (χ1) is 10.1. The summed E-state index contributed by atoms with van der Waals surface area (Å²) in [6, 6.07) is 6.23. The van der Waals surface area contributed by atoms with Crippen molar-refractivity contribution >= 4 is 28.8 Å². The van der Waals surface area contributed by atoms with E-state index in [0.29, 0.717) is 10.5 Å². The van der Waals surface area contributed by atoms with Gasteiger partial charge in [-0.2, -0.15) is 0 Å². The Morgan fingerprint density at radius 2 is 2.19 bits per heavy atom. The van der Waals surface area contributed by atoms with Gasteiger partial charge in [-0.05, 0) is 36.8 Å². The van der Waals surface area contributed by atoms with Crippen LogP contribution in [-0.2, 0) is 0 Å². The lowest BCUT2D eigenvalue weighted by Crippen LogP contribution is -2.02. The van der Waals surface area contributed by atoms with Gasteiger partial charge in [0.05, 0.1) is 5.56 Å². The van der Waals surface area contributed by atoms with Crippen molar-refractivity contribution in [2.75, 3.05) is 0 Å². The van der Waals surface area contributed by atoms with E-state index in [4.69, 9.17) is 0 Å². The van der Waals surface area contributed by atoms with Crippen LogP contribution in [0, 0.1) is 12.7 Å². The van der Waals surface area contributed by atoms with Gasteiger partial charge in [-0.1, -0.05) is 11.8 Å². The number of carbonyl (C=O) groups is 1. The zero-order chi connectivity index (χ0) is 15.0. The standard InChI is InChI=1S/C15H11FN2O2S/c1-8-12(16)3-2-11(15(19)20)13(8)21-10-6-9-4-5-17-14(9)18-7-10/h2-7H,1H3,(H,17,18)(H,19,20). The molecule has 0 radical (unpaired) electrons. The van der Waals surface area contributed by atoms with Gasteiger partial charge in [0.2, 0.25) is 0 Å². The zero-order valence-corrected chi connectivity index (χ0v) is 11.9. The van der Waals surface area contributed by atoms with Crippen LogP contribution >= 0.6 is 11.8 Å². The average Bonchev–Trinajstić information content (AvgIpc) is 2.91. The predicted molar refractivity (Wildman–Crippen MR) is 78.3 cm³/mol. The van der Waals surface area contributed by atoms with Gasteiger partial charge in [-0.25, -0.2) is 14.2 Å². The monoisotopic (exact) mass is 302 g/mol. The molecular formula is C15H11FN2O2S. The van der Waals surface area contributed by atoms with Crippen LogP contribution in [0.5, 0.6) is 0 Å². The maximum atomic E-state index is 13.7. The summed E-state index contributed by atoms with van der Waals surface area (Å²) in [5, 5.41) is 10.2. The molecule has 1 aromatic carbocycles. The van der Waals surface area contributed by atoms with Crippen LogP contribution in [0.4, 0.5) is 4.39 Å². The molecule has 4 nitrogen and oxygen atoms in total. The molecule has 0 aliphatic rings. The average molecular weight is 302 g/mol. The van der Waals surface area contributed by atoms with Gasteiger partial charge in [0.1, 0.15) is 11.5 Å². The molecule has 6 heteroatoms. The molecule has 2 aromatic heterocycles. The quantitative estimate of drug-likeness (QED) is 0.771. The highest BCUT2D eigenvalue weighted by atomic mass is 32.2. The van der Waals surface area contributed by atoms with Gasteiger partial charge in [0.15, 0.2) is 0 Å². The summed E-state index contributed by atoms with van der Waals surface area (Å²) in [6.07, 6.45) is 3.42. The number of nitrogens with zero attached hydrogens (tertiary/aromatic N) is 1. The third-order valence-corrected chi connectivity index (χ3v) is 4.35. The number of rotatable bonds is 3. The highest BCUT2D eigenvalue weighted by Crippen LogP contribution is 2.35. The minimum atomic E-state index is -1.07. The van der Waals surface area contributed by atoms with Crippen LogP contribution in [0.25, 0.3) is 11.0 Å². The molecule has 0 saturated carbocycles. The Morgan fingerprint density at radius 1 is 1.38 bits per heavy atom. The van der Waals surface area contributed by atoms with Crippen LogP contribution in [0.15, 0.2) is 46.5 Å². The third kappa shape index (κ3) is 2.50. The minimum Gasteiger partial charge on any atom is -0.478 e. The summed E-state index contributed by atoms with van der Waals surface area (Å²) in [6.45, 7) is 1.58. The third-order valence-electron chi connectivity index (χ3n) is 3.17. The molecule has 0 aliphatic carbocycles. The number of benzene rings is 1. The summed E-state index contributed by atoms with van der Waals surface area (Å²) < 4.78 is 13.7. The number of pyridine rings is 1. The molecule has 0 spiro atoms. The molecule has 0 saturated heterocycles.